The molecule has 4 heteroatoms. The summed E-state index contributed by atoms with van der Waals surface area (Å²) in [7, 11) is 4.07. The lowest BCUT2D eigenvalue weighted by atomic mass is 9.97. The van der Waals surface area contributed by atoms with Crippen LogP contribution in [0.1, 0.15) is 18.4 Å². The van der Waals surface area contributed by atoms with Gasteiger partial charge in [0.05, 0.1) is 5.69 Å². The molecule has 2 rings (SSSR count). The van der Waals surface area contributed by atoms with Gasteiger partial charge in [-0.3, -0.25) is 0 Å². The first-order valence-electron chi connectivity index (χ1n) is 6.70. The van der Waals surface area contributed by atoms with Crippen LogP contribution in [0.25, 0.3) is 0 Å². The molecule has 0 aromatic heterocycles. The topological polar surface area (TPSA) is 30.3 Å². The van der Waals surface area contributed by atoms with Gasteiger partial charge in [-0.15, -0.1) is 0 Å². The standard InChI is InChI=1S/C15H20FN3/c1-18-8-4-5-12(10-18)11-19(2)15-7-3-6-14(16)13(15)9-17/h3,6-7,12H,4-5,8,10-11H2,1-2H3. The Labute approximate surface area is 114 Å². The Morgan fingerprint density at radius 2 is 2.32 bits per heavy atom. The molecule has 1 heterocycles. The van der Waals surface area contributed by atoms with Gasteiger partial charge in [0.25, 0.3) is 0 Å². The van der Waals surface area contributed by atoms with Crippen molar-refractivity contribution in [1.82, 2.24) is 4.90 Å². The molecule has 102 valence electrons. The van der Waals surface area contributed by atoms with Gasteiger partial charge in [-0.05, 0) is 44.5 Å². The molecule has 0 N–H and O–H groups in total. The number of rotatable bonds is 3. The molecule has 0 amide bonds. The molecule has 1 aliphatic rings. The Bertz CT molecular complexity index is 481. The van der Waals surface area contributed by atoms with Gasteiger partial charge in [0.2, 0.25) is 0 Å². The Kier molecular flexibility index (Phi) is 4.39. The maximum atomic E-state index is 13.6. The average Bonchev–Trinajstić information content (AvgIpc) is 2.38. The monoisotopic (exact) mass is 261 g/mol. The van der Waals surface area contributed by atoms with E-state index in [4.69, 9.17) is 5.26 Å². The molecule has 0 spiro atoms. The molecular weight excluding hydrogens is 241 g/mol. The van der Waals surface area contributed by atoms with Gasteiger partial charge < -0.3 is 9.80 Å². The quantitative estimate of drug-likeness (QED) is 0.837. The Hall–Kier alpha value is -1.60. The lowest BCUT2D eigenvalue weighted by Crippen LogP contribution is -2.38. The summed E-state index contributed by atoms with van der Waals surface area (Å²) < 4.78 is 13.6. The van der Waals surface area contributed by atoms with Crippen molar-refractivity contribution in [3.8, 4) is 6.07 Å². The van der Waals surface area contributed by atoms with Crippen LogP contribution in [0.15, 0.2) is 18.2 Å². The number of likely N-dealkylation sites (tertiary alicyclic amines) is 1. The van der Waals surface area contributed by atoms with Crippen LogP contribution in [-0.2, 0) is 0 Å². The Morgan fingerprint density at radius 3 is 3.00 bits per heavy atom. The van der Waals surface area contributed by atoms with Crippen molar-refractivity contribution < 1.29 is 4.39 Å². The zero-order valence-corrected chi connectivity index (χ0v) is 11.6. The van der Waals surface area contributed by atoms with Crippen LogP contribution in [0.5, 0.6) is 0 Å². The van der Waals surface area contributed by atoms with Crippen LogP contribution in [-0.4, -0.2) is 38.6 Å². The number of hydrogen-bond donors (Lipinski definition) is 0. The van der Waals surface area contributed by atoms with Crippen LogP contribution in [0, 0.1) is 23.1 Å². The Balaban J connectivity index is 2.10. The van der Waals surface area contributed by atoms with E-state index in [1.807, 2.05) is 24.1 Å². The third-order valence-electron chi connectivity index (χ3n) is 3.77. The highest BCUT2D eigenvalue weighted by Crippen LogP contribution is 2.24. The summed E-state index contributed by atoms with van der Waals surface area (Å²) >= 11 is 0. The predicted molar refractivity (Wildman–Crippen MR) is 74.6 cm³/mol. The molecule has 0 aliphatic carbocycles. The molecule has 0 bridgehead atoms. The van der Waals surface area contributed by atoms with Crippen molar-refractivity contribution in [2.24, 2.45) is 5.92 Å². The molecule has 1 aromatic carbocycles. The summed E-state index contributed by atoms with van der Waals surface area (Å²) in [6.45, 7) is 3.09. The van der Waals surface area contributed by atoms with Gasteiger partial charge in [-0.1, -0.05) is 6.07 Å². The first kappa shape index (κ1) is 13.8. The van der Waals surface area contributed by atoms with Gasteiger partial charge in [0.1, 0.15) is 17.4 Å². The molecule has 1 unspecified atom stereocenters. The fourth-order valence-electron chi connectivity index (χ4n) is 2.85. The minimum atomic E-state index is -0.437. The van der Waals surface area contributed by atoms with Crippen LogP contribution in [0.2, 0.25) is 0 Å². The third kappa shape index (κ3) is 3.24. The molecule has 0 radical (unpaired) electrons. The SMILES string of the molecule is CN1CCCC(CN(C)c2cccc(F)c2C#N)C1. The summed E-state index contributed by atoms with van der Waals surface area (Å²) in [6.07, 6.45) is 2.41. The van der Waals surface area contributed by atoms with Gasteiger partial charge in [-0.2, -0.15) is 5.26 Å². The van der Waals surface area contributed by atoms with Gasteiger partial charge >= 0.3 is 0 Å². The van der Waals surface area contributed by atoms with E-state index in [1.165, 1.54) is 18.9 Å². The number of nitrogens with zero attached hydrogens (tertiary/aromatic N) is 3. The summed E-state index contributed by atoms with van der Waals surface area (Å²) in [5.74, 6) is 0.145. The van der Waals surface area contributed by atoms with Crippen LogP contribution >= 0.6 is 0 Å². The highest BCUT2D eigenvalue weighted by Gasteiger charge is 2.20. The van der Waals surface area contributed by atoms with E-state index in [-0.39, 0.29) is 5.56 Å². The van der Waals surface area contributed by atoms with Crippen LogP contribution in [0.3, 0.4) is 0 Å². The zero-order valence-electron chi connectivity index (χ0n) is 11.6. The van der Waals surface area contributed by atoms with Crippen LogP contribution in [0.4, 0.5) is 10.1 Å². The third-order valence-corrected chi connectivity index (χ3v) is 3.77. The first-order chi connectivity index (χ1) is 9.11. The van der Waals surface area contributed by atoms with E-state index in [0.717, 1.165) is 19.6 Å². The fourth-order valence-corrected chi connectivity index (χ4v) is 2.85. The summed E-state index contributed by atoms with van der Waals surface area (Å²) in [5, 5.41) is 9.07. The van der Waals surface area contributed by atoms with Crippen molar-refractivity contribution >= 4 is 5.69 Å². The van der Waals surface area contributed by atoms with E-state index < -0.39 is 5.82 Å². The van der Waals surface area contributed by atoms with Gasteiger partial charge in [-0.25, -0.2) is 4.39 Å². The molecule has 1 saturated heterocycles. The van der Waals surface area contributed by atoms with Crippen molar-refractivity contribution in [3.05, 3.63) is 29.6 Å². The molecule has 1 atom stereocenters. The zero-order chi connectivity index (χ0) is 13.8. The number of hydrogen-bond acceptors (Lipinski definition) is 3. The molecule has 1 fully saturated rings. The summed E-state index contributed by atoms with van der Waals surface area (Å²) in [5.41, 5.74) is 0.838. The fraction of sp³-hybridized carbons (Fsp3) is 0.533. The minimum Gasteiger partial charge on any atom is -0.373 e. The Morgan fingerprint density at radius 1 is 1.53 bits per heavy atom. The molecule has 19 heavy (non-hydrogen) atoms. The number of piperidine rings is 1. The highest BCUT2D eigenvalue weighted by molar-refractivity contribution is 5.59. The first-order valence-corrected chi connectivity index (χ1v) is 6.70. The number of anilines is 1. The smallest absolute Gasteiger partial charge is 0.143 e. The van der Waals surface area contributed by atoms with Crippen molar-refractivity contribution in [3.63, 3.8) is 0 Å². The average molecular weight is 261 g/mol. The summed E-state index contributed by atoms with van der Waals surface area (Å²) in [4.78, 5) is 4.34. The molecule has 1 aromatic rings. The number of halogens is 1. The van der Waals surface area contributed by atoms with Crippen molar-refractivity contribution in [2.75, 3.05) is 38.6 Å². The van der Waals surface area contributed by atoms with Crippen molar-refractivity contribution in [2.45, 2.75) is 12.8 Å². The largest absolute Gasteiger partial charge is 0.373 e. The predicted octanol–water partition coefficient (Wildman–Crippen LogP) is 2.48. The molecule has 3 nitrogen and oxygen atoms in total. The second-order valence-electron chi connectivity index (χ2n) is 5.40. The summed E-state index contributed by atoms with van der Waals surface area (Å²) in [6, 6.07) is 6.78. The lowest BCUT2D eigenvalue weighted by Gasteiger charge is -2.33. The maximum absolute atomic E-state index is 13.6. The van der Waals surface area contributed by atoms with E-state index in [1.54, 1.807) is 6.07 Å². The van der Waals surface area contributed by atoms with Gasteiger partial charge in [0, 0.05) is 20.1 Å². The van der Waals surface area contributed by atoms with E-state index in [2.05, 4.69) is 11.9 Å². The van der Waals surface area contributed by atoms with Crippen molar-refractivity contribution in [1.29, 1.82) is 5.26 Å². The van der Waals surface area contributed by atoms with E-state index in [9.17, 15) is 4.39 Å². The molecule has 1 aliphatic heterocycles. The molecular formula is C15H20FN3. The highest BCUT2D eigenvalue weighted by atomic mass is 19.1. The second kappa shape index (κ2) is 6.03. The van der Waals surface area contributed by atoms with E-state index >= 15 is 0 Å². The molecule has 0 saturated carbocycles. The van der Waals surface area contributed by atoms with E-state index in [0.29, 0.717) is 11.6 Å². The maximum Gasteiger partial charge on any atom is 0.143 e. The van der Waals surface area contributed by atoms with Gasteiger partial charge in [0.15, 0.2) is 0 Å². The minimum absolute atomic E-state index is 0.147. The lowest BCUT2D eigenvalue weighted by molar-refractivity contribution is 0.213. The second-order valence-corrected chi connectivity index (χ2v) is 5.40. The number of benzene rings is 1. The van der Waals surface area contributed by atoms with Crippen LogP contribution < -0.4 is 4.90 Å². The number of nitriles is 1. The normalized spacial score (nSPS) is 20.0.